The Labute approximate surface area is 124 Å². The SMILES string of the molecule is Cc1ccccc1-c1ccccc1[SH+]c1ccccc1. The average molecular weight is 277 g/mol. The molecule has 0 aromatic heterocycles. The van der Waals surface area contributed by atoms with E-state index in [1.54, 1.807) is 0 Å². The standard InChI is InChI=1S/C19H16S/c1-15-9-5-6-12-17(15)18-13-7-8-14-19(18)20-16-10-3-2-4-11-16/h2-14H,1H3/p+1. The molecule has 0 radical (unpaired) electrons. The molecule has 0 aliphatic rings. The van der Waals surface area contributed by atoms with Gasteiger partial charge in [-0.05, 0) is 42.3 Å². The van der Waals surface area contributed by atoms with Crippen LogP contribution in [0.3, 0.4) is 0 Å². The lowest BCUT2D eigenvalue weighted by atomic mass is 10.0. The summed E-state index contributed by atoms with van der Waals surface area (Å²) in [5, 5.41) is 0. The highest BCUT2D eigenvalue weighted by atomic mass is 32.2. The van der Waals surface area contributed by atoms with Gasteiger partial charge in [0.15, 0.2) is 9.79 Å². The third-order valence-corrected chi connectivity index (χ3v) is 4.53. The summed E-state index contributed by atoms with van der Waals surface area (Å²) in [6.45, 7) is 2.17. The Kier molecular flexibility index (Phi) is 3.89. The van der Waals surface area contributed by atoms with Crippen LogP contribution in [0.2, 0.25) is 0 Å². The summed E-state index contributed by atoms with van der Waals surface area (Å²) in [6.07, 6.45) is 0. The summed E-state index contributed by atoms with van der Waals surface area (Å²) < 4.78 is 0. The molecule has 0 amide bonds. The molecule has 3 rings (SSSR count). The Morgan fingerprint density at radius 3 is 1.95 bits per heavy atom. The second kappa shape index (κ2) is 5.98. The van der Waals surface area contributed by atoms with Crippen LogP contribution in [0, 0.1) is 6.92 Å². The van der Waals surface area contributed by atoms with Crippen LogP contribution in [-0.2, 0) is 11.8 Å². The van der Waals surface area contributed by atoms with Crippen molar-refractivity contribution in [1.82, 2.24) is 0 Å². The van der Waals surface area contributed by atoms with Crippen molar-refractivity contribution in [2.45, 2.75) is 16.7 Å². The summed E-state index contributed by atoms with van der Waals surface area (Å²) in [6, 6.07) is 27.9. The lowest BCUT2D eigenvalue weighted by Gasteiger charge is -2.07. The maximum Gasteiger partial charge on any atom is 0.166 e. The van der Waals surface area contributed by atoms with Crippen LogP contribution in [0.5, 0.6) is 0 Å². The van der Waals surface area contributed by atoms with Crippen LogP contribution in [-0.4, -0.2) is 0 Å². The zero-order valence-electron chi connectivity index (χ0n) is 11.5. The zero-order chi connectivity index (χ0) is 13.8. The minimum atomic E-state index is 1.26. The fraction of sp³-hybridized carbons (Fsp3) is 0.0526. The van der Waals surface area contributed by atoms with E-state index >= 15 is 0 Å². The first kappa shape index (κ1) is 13.0. The molecule has 0 unspecified atom stereocenters. The first-order valence-corrected chi connectivity index (χ1v) is 7.66. The van der Waals surface area contributed by atoms with Crippen LogP contribution < -0.4 is 0 Å². The molecule has 3 aromatic carbocycles. The van der Waals surface area contributed by atoms with Crippen molar-refractivity contribution in [2.24, 2.45) is 0 Å². The molecule has 0 saturated heterocycles. The lowest BCUT2D eigenvalue weighted by molar-refractivity contribution is 1.37. The zero-order valence-corrected chi connectivity index (χ0v) is 12.3. The van der Waals surface area contributed by atoms with E-state index in [0.717, 1.165) is 0 Å². The molecule has 98 valence electrons. The molecule has 0 spiro atoms. The van der Waals surface area contributed by atoms with Gasteiger partial charge in [-0.1, -0.05) is 54.6 Å². The topological polar surface area (TPSA) is 0 Å². The Hall–Kier alpha value is -1.99. The van der Waals surface area contributed by atoms with Crippen LogP contribution >= 0.6 is 0 Å². The molecule has 0 fully saturated rings. The van der Waals surface area contributed by atoms with Crippen molar-refractivity contribution in [1.29, 1.82) is 0 Å². The first-order chi connectivity index (χ1) is 9.84. The highest BCUT2D eigenvalue weighted by molar-refractivity contribution is 7.78. The van der Waals surface area contributed by atoms with E-state index in [4.69, 9.17) is 0 Å². The molecule has 1 heteroatoms. The maximum absolute atomic E-state index is 2.22. The van der Waals surface area contributed by atoms with Crippen molar-refractivity contribution in [3.05, 3.63) is 84.4 Å². The summed E-state index contributed by atoms with van der Waals surface area (Å²) in [7, 11) is 0. The first-order valence-electron chi connectivity index (χ1n) is 6.76. The normalized spacial score (nSPS) is 10.4. The van der Waals surface area contributed by atoms with Gasteiger partial charge in [-0.15, -0.1) is 0 Å². The van der Waals surface area contributed by atoms with Gasteiger partial charge in [-0.3, -0.25) is 0 Å². The highest BCUT2D eigenvalue weighted by Crippen LogP contribution is 2.29. The van der Waals surface area contributed by atoms with Gasteiger partial charge in [0.05, 0.1) is 0 Å². The third-order valence-electron chi connectivity index (χ3n) is 3.35. The van der Waals surface area contributed by atoms with Crippen LogP contribution in [0.15, 0.2) is 88.7 Å². The minimum absolute atomic E-state index is 1.26. The number of benzene rings is 3. The van der Waals surface area contributed by atoms with Crippen LogP contribution in [0.1, 0.15) is 5.56 Å². The van der Waals surface area contributed by atoms with Gasteiger partial charge in [-0.2, -0.15) is 0 Å². The predicted octanol–water partition coefficient (Wildman–Crippen LogP) is 4.89. The molecule has 3 aromatic rings. The number of aryl methyl sites for hydroxylation is 1. The van der Waals surface area contributed by atoms with E-state index in [9.17, 15) is 0 Å². The highest BCUT2D eigenvalue weighted by Gasteiger charge is 2.14. The number of rotatable bonds is 3. The fourth-order valence-electron chi connectivity index (χ4n) is 2.32. The van der Waals surface area contributed by atoms with E-state index in [1.165, 1.54) is 38.2 Å². The van der Waals surface area contributed by atoms with Crippen molar-refractivity contribution >= 4 is 11.8 Å². The largest absolute Gasteiger partial charge is 0.166 e. The van der Waals surface area contributed by atoms with Gasteiger partial charge < -0.3 is 0 Å². The monoisotopic (exact) mass is 277 g/mol. The van der Waals surface area contributed by atoms with Crippen molar-refractivity contribution < 1.29 is 0 Å². The summed E-state index contributed by atoms with van der Waals surface area (Å²) >= 11 is 1.26. The molecule has 0 atom stereocenters. The molecule has 0 nitrogen and oxygen atoms in total. The number of thiol groups is 1. The molecule has 0 N–H and O–H groups in total. The van der Waals surface area contributed by atoms with E-state index in [0.29, 0.717) is 0 Å². The lowest BCUT2D eigenvalue weighted by Crippen LogP contribution is -1.91. The van der Waals surface area contributed by atoms with E-state index in [1.807, 2.05) is 0 Å². The number of hydrogen-bond donors (Lipinski definition) is 0. The Morgan fingerprint density at radius 2 is 1.20 bits per heavy atom. The van der Waals surface area contributed by atoms with Gasteiger partial charge >= 0.3 is 0 Å². The van der Waals surface area contributed by atoms with Gasteiger partial charge in [0.2, 0.25) is 0 Å². The smallest absolute Gasteiger partial charge is 0.0620 e. The molecular formula is C19H17S+. The van der Waals surface area contributed by atoms with E-state index < -0.39 is 0 Å². The van der Waals surface area contributed by atoms with Crippen molar-refractivity contribution in [3.63, 3.8) is 0 Å². The third kappa shape index (κ3) is 2.78. The molecule has 0 heterocycles. The Balaban J connectivity index is 2.03. The molecule has 0 saturated carbocycles. The quantitative estimate of drug-likeness (QED) is 0.472. The van der Waals surface area contributed by atoms with E-state index in [2.05, 4.69) is 85.8 Å². The van der Waals surface area contributed by atoms with Crippen molar-refractivity contribution in [2.75, 3.05) is 0 Å². The fourth-order valence-corrected chi connectivity index (χ4v) is 3.39. The predicted molar refractivity (Wildman–Crippen MR) is 88.3 cm³/mol. The van der Waals surface area contributed by atoms with Crippen molar-refractivity contribution in [3.8, 4) is 11.1 Å². The Bertz CT molecular complexity index is 702. The second-order valence-corrected chi connectivity index (χ2v) is 6.00. The van der Waals surface area contributed by atoms with E-state index in [-0.39, 0.29) is 0 Å². The average Bonchev–Trinajstić information content (AvgIpc) is 2.50. The minimum Gasteiger partial charge on any atom is -0.0620 e. The molecule has 0 bridgehead atoms. The van der Waals surface area contributed by atoms with Gasteiger partial charge in [0.1, 0.15) is 0 Å². The van der Waals surface area contributed by atoms with Crippen LogP contribution in [0.25, 0.3) is 11.1 Å². The number of hydrogen-bond acceptors (Lipinski definition) is 0. The molecular weight excluding hydrogens is 260 g/mol. The Morgan fingerprint density at radius 1 is 0.600 bits per heavy atom. The molecule has 0 aliphatic heterocycles. The van der Waals surface area contributed by atoms with Gasteiger partial charge in [-0.25, -0.2) is 0 Å². The second-order valence-electron chi connectivity index (χ2n) is 4.78. The summed E-state index contributed by atoms with van der Waals surface area (Å²) in [5.41, 5.74) is 3.98. The molecule has 0 aliphatic carbocycles. The van der Waals surface area contributed by atoms with Crippen LogP contribution in [0.4, 0.5) is 0 Å². The summed E-state index contributed by atoms with van der Waals surface area (Å²) in [5.74, 6) is 0. The van der Waals surface area contributed by atoms with Gasteiger partial charge in [0.25, 0.3) is 0 Å². The molecule has 20 heavy (non-hydrogen) atoms. The summed E-state index contributed by atoms with van der Waals surface area (Å²) in [4.78, 5) is 2.68. The van der Waals surface area contributed by atoms with Gasteiger partial charge in [0, 0.05) is 17.3 Å². The maximum atomic E-state index is 2.22.